The van der Waals surface area contributed by atoms with Crippen LogP contribution in [0.25, 0.3) is 0 Å². The first-order valence-corrected chi connectivity index (χ1v) is 4.98. The predicted octanol–water partition coefficient (Wildman–Crippen LogP) is 1.20. The Bertz CT molecular complexity index is 296. The van der Waals surface area contributed by atoms with Crippen LogP contribution in [0.1, 0.15) is 6.42 Å². The van der Waals surface area contributed by atoms with Crippen LogP contribution in [-0.2, 0) is 0 Å². The highest BCUT2D eigenvalue weighted by Crippen LogP contribution is 2.56. The molecule has 2 heteroatoms. The lowest BCUT2D eigenvalue weighted by Gasteiger charge is -2.22. The summed E-state index contributed by atoms with van der Waals surface area (Å²) in [6.45, 7) is 4.08. The molecular weight excluding hydrogens is 162 g/mol. The number of fused-ring (bicyclic) bond motifs is 5. The van der Waals surface area contributed by atoms with Crippen molar-refractivity contribution in [3.8, 4) is 0 Å². The topological polar surface area (TPSA) is 23.5 Å². The zero-order chi connectivity index (χ0) is 9.16. The molecule has 0 amide bonds. The van der Waals surface area contributed by atoms with Crippen molar-refractivity contribution in [2.45, 2.75) is 12.6 Å². The monoisotopic (exact) mass is 177 g/mol. The zero-order valence-electron chi connectivity index (χ0n) is 7.85. The van der Waals surface area contributed by atoms with E-state index < -0.39 is 0 Å². The Morgan fingerprint density at radius 2 is 2.15 bits per heavy atom. The van der Waals surface area contributed by atoms with Gasteiger partial charge in [-0.25, -0.2) is 0 Å². The fourth-order valence-electron chi connectivity index (χ4n) is 3.40. The van der Waals surface area contributed by atoms with E-state index in [4.69, 9.17) is 0 Å². The predicted molar refractivity (Wildman–Crippen MR) is 50.6 cm³/mol. The third kappa shape index (κ3) is 0.731. The molecule has 13 heavy (non-hydrogen) atoms. The summed E-state index contributed by atoms with van der Waals surface area (Å²) < 4.78 is 0. The molecule has 70 valence electrons. The van der Waals surface area contributed by atoms with Gasteiger partial charge in [0.2, 0.25) is 0 Å². The molecule has 1 saturated carbocycles. The lowest BCUT2D eigenvalue weighted by molar-refractivity contribution is 0.0197. The quantitative estimate of drug-likeness (QED) is 0.562. The largest absolute Gasteiger partial charge is 0.373 e. The van der Waals surface area contributed by atoms with Gasteiger partial charge in [0.05, 0.1) is 0 Å². The summed E-state index contributed by atoms with van der Waals surface area (Å²) in [5.41, 5.74) is 1.13. The molecule has 0 aromatic rings. The van der Waals surface area contributed by atoms with E-state index >= 15 is 0 Å². The Labute approximate surface area is 78.5 Å². The number of rotatable bonds is 0. The summed E-state index contributed by atoms with van der Waals surface area (Å²) in [5, 5.41) is 9.99. The first-order valence-electron chi connectivity index (χ1n) is 4.98. The van der Waals surface area contributed by atoms with Gasteiger partial charge in [0, 0.05) is 24.6 Å². The summed E-state index contributed by atoms with van der Waals surface area (Å²) in [6.07, 6.45) is 5.53. The van der Waals surface area contributed by atoms with Crippen LogP contribution in [0.2, 0.25) is 0 Å². The third-order valence-corrected chi connectivity index (χ3v) is 4.10. The maximum absolute atomic E-state index is 9.99. The molecule has 5 unspecified atom stereocenters. The second-order valence-electron chi connectivity index (χ2n) is 4.57. The highest BCUT2D eigenvalue weighted by atomic mass is 16.3. The maximum atomic E-state index is 9.99. The van der Waals surface area contributed by atoms with E-state index in [1.807, 2.05) is 11.9 Å². The number of aliphatic hydroxyl groups is 1. The van der Waals surface area contributed by atoms with Crippen molar-refractivity contribution in [1.82, 2.24) is 4.90 Å². The Kier molecular flexibility index (Phi) is 1.28. The number of nitrogens with zero attached hydrogens (tertiary/aromatic N) is 1. The summed E-state index contributed by atoms with van der Waals surface area (Å²) >= 11 is 0. The fourth-order valence-corrected chi connectivity index (χ4v) is 3.40. The summed E-state index contributed by atoms with van der Waals surface area (Å²) in [4.78, 5) is 1.95. The van der Waals surface area contributed by atoms with Crippen LogP contribution in [0, 0.1) is 23.7 Å². The van der Waals surface area contributed by atoms with Crippen molar-refractivity contribution >= 4 is 0 Å². The molecule has 1 N–H and O–H groups in total. The smallest absolute Gasteiger partial charge is 0.130 e. The van der Waals surface area contributed by atoms with Crippen LogP contribution < -0.4 is 0 Å². The van der Waals surface area contributed by atoms with Gasteiger partial charge >= 0.3 is 0 Å². The normalized spacial score (nSPS) is 52.0. The van der Waals surface area contributed by atoms with E-state index in [0.29, 0.717) is 23.7 Å². The minimum Gasteiger partial charge on any atom is -0.373 e. The Hall–Kier alpha value is -0.760. The van der Waals surface area contributed by atoms with E-state index in [-0.39, 0.29) is 6.23 Å². The standard InChI is InChI=1S/C11H15NO/c1-6-9-7-3-4-8(5-7)10(9)11(13)12(6)2/h3-4,7-11,13H,1,5H2,2H3. The molecule has 2 fully saturated rings. The van der Waals surface area contributed by atoms with E-state index in [1.54, 1.807) is 0 Å². The number of allylic oxidation sites excluding steroid dienone is 3. The van der Waals surface area contributed by atoms with Crippen LogP contribution in [0.5, 0.6) is 0 Å². The third-order valence-electron chi connectivity index (χ3n) is 4.10. The molecule has 3 rings (SSSR count). The number of hydrogen-bond donors (Lipinski definition) is 1. The van der Waals surface area contributed by atoms with Crippen LogP contribution in [0.4, 0.5) is 0 Å². The van der Waals surface area contributed by atoms with E-state index in [2.05, 4.69) is 18.7 Å². The highest BCUT2D eigenvalue weighted by molar-refractivity contribution is 5.26. The average Bonchev–Trinajstić information content (AvgIpc) is 2.76. The second kappa shape index (κ2) is 2.18. The maximum Gasteiger partial charge on any atom is 0.130 e. The van der Waals surface area contributed by atoms with Crippen molar-refractivity contribution in [2.24, 2.45) is 23.7 Å². The Morgan fingerprint density at radius 1 is 1.46 bits per heavy atom. The first kappa shape index (κ1) is 7.63. The Balaban J connectivity index is 2.03. The molecule has 0 aromatic heterocycles. The van der Waals surface area contributed by atoms with Crippen LogP contribution in [0.15, 0.2) is 24.4 Å². The van der Waals surface area contributed by atoms with Gasteiger partial charge in [0.15, 0.2) is 0 Å². The van der Waals surface area contributed by atoms with Gasteiger partial charge in [0.1, 0.15) is 6.23 Å². The van der Waals surface area contributed by atoms with Gasteiger partial charge in [-0.05, 0) is 18.3 Å². The molecule has 0 radical (unpaired) electrons. The van der Waals surface area contributed by atoms with Gasteiger partial charge in [-0.1, -0.05) is 18.7 Å². The zero-order valence-corrected chi connectivity index (χ0v) is 7.85. The second-order valence-corrected chi connectivity index (χ2v) is 4.57. The van der Waals surface area contributed by atoms with E-state index in [9.17, 15) is 5.11 Å². The molecule has 2 aliphatic carbocycles. The molecule has 0 aromatic carbocycles. The highest BCUT2D eigenvalue weighted by Gasteiger charge is 2.54. The number of likely N-dealkylation sites (tertiary alicyclic amines) is 1. The van der Waals surface area contributed by atoms with Crippen LogP contribution in [-0.4, -0.2) is 23.3 Å². The molecular formula is C11H15NO. The van der Waals surface area contributed by atoms with Crippen molar-refractivity contribution in [1.29, 1.82) is 0 Å². The van der Waals surface area contributed by atoms with Gasteiger partial charge in [0.25, 0.3) is 0 Å². The summed E-state index contributed by atoms with van der Waals surface area (Å²) in [6, 6.07) is 0. The molecule has 2 nitrogen and oxygen atoms in total. The van der Waals surface area contributed by atoms with Crippen LogP contribution in [0.3, 0.4) is 0 Å². The van der Waals surface area contributed by atoms with Crippen molar-refractivity contribution in [2.75, 3.05) is 7.05 Å². The van der Waals surface area contributed by atoms with Crippen molar-refractivity contribution in [3.05, 3.63) is 24.4 Å². The molecule has 5 atom stereocenters. The van der Waals surface area contributed by atoms with Crippen molar-refractivity contribution in [3.63, 3.8) is 0 Å². The summed E-state index contributed by atoms with van der Waals surface area (Å²) in [5.74, 6) is 2.20. The van der Waals surface area contributed by atoms with Gasteiger partial charge in [-0.3, -0.25) is 0 Å². The fraction of sp³-hybridized carbons (Fsp3) is 0.636. The number of aliphatic hydroxyl groups excluding tert-OH is 1. The summed E-state index contributed by atoms with van der Waals surface area (Å²) in [7, 11) is 1.95. The van der Waals surface area contributed by atoms with Gasteiger partial charge in [-0.15, -0.1) is 0 Å². The first-order chi connectivity index (χ1) is 6.20. The molecule has 1 aliphatic heterocycles. The van der Waals surface area contributed by atoms with E-state index in [0.717, 1.165) is 5.70 Å². The molecule has 1 saturated heterocycles. The molecule has 1 heterocycles. The average molecular weight is 177 g/mol. The lowest BCUT2D eigenvalue weighted by atomic mass is 9.84. The van der Waals surface area contributed by atoms with Gasteiger partial charge in [-0.2, -0.15) is 0 Å². The lowest BCUT2D eigenvalue weighted by Crippen LogP contribution is -2.30. The molecule has 3 aliphatic rings. The Morgan fingerprint density at radius 3 is 2.85 bits per heavy atom. The van der Waals surface area contributed by atoms with Gasteiger partial charge < -0.3 is 10.0 Å². The number of hydrogen-bond acceptors (Lipinski definition) is 2. The SMILES string of the molecule is C=C1C2C3C=CC(C3)C2C(O)N1C. The minimum atomic E-state index is -0.294. The molecule has 2 bridgehead atoms. The molecule has 0 spiro atoms. The van der Waals surface area contributed by atoms with Crippen molar-refractivity contribution < 1.29 is 5.11 Å². The minimum absolute atomic E-state index is 0.294. The van der Waals surface area contributed by atoms with E-state index in [1.165, 1.54) is 6.42 Å². The van der Waals surface area contributed by atoms with Crippen LogP contribution >= 0.6 is 0 Å².